The second kappa shape index (κ2) is 8.21. The van der Waals surface area contributed by atoms with E-state index in [4.69, 9.17) is 4.42 Å². The summed E-state index contributed by atoms with van der Waals surface area (Å²) < 4.78 is 19.8. The molecule has 1 aromatic carbocycles. The Kier molecular flexibility index (Phi) is 5.49. The van der Waals surface area contributed by atoms with Crippen molar-refractivity contribution in [2.45, 2.75) is 25.3 Å². The van der Waals surface area contributed by atoms with E-state index >= 15 is 0 Å². The average Bonchev–Trinajstić information content (AvgIpc) is 3.35. The largest absolute Gasteiger partial charge is 0.503 e. The summed E-state index contributed by atoms with van der Waals surface area (Å²) in [6, 6.07) is 8.03. The predicted molar refractivity (Wildman–Crippen MR) is 104 cm³/mol. The maximum atomic E-state index is 14.7. The van der Waals surface area contributed by atoms with Crippen LogP contribution in [0.15, 0.2) is 58.4 Å². The summed E-state index contributed by atoms with van der Waals surface area (Å²) in [7, 11) is 0. The van der Waals surface area contributed by atoms with Crippen LogP contribution in [-0.2, 0) is 4.79 Å². The summed E-state index contributed by atoms with van der Waals surface area (Å²) in [5.74, 6) is -2.45. The minimum absolute atomic E-state index is 0.00132. The molecule has 1 aromatic heterocycles. The molecule has 29 heavy (non-hydrogen) atoms. The molecule has 4 rings (SSSR count). The van der Waals surface area contributed by atoms with Crippen molar-refractivity contribution >= 4 is 11.7 Å². The lowest BCUT2D eigenvalue weighted by atomic mass is 9.94. The fraction of sp³-hybridized carbons (Fsp3) is 0.364. The van der Waals surface area contributed by atoms with E-state index in [-0.39, 0.29) is 23.4 Å². The zero-order chi connectivity index (χ0) is 20.4. The number of piperidine rings is 1. The maximum absolute atomic E-state index is 14.7. The first kappa shape index (κ1) is 19.4. The molecular formula is C22H23FN2O4. The smallest absolute Gasteiger partial charge is 0.290 e. The number of aliphatic hydroxyl groups excluding tert-OH is 1. The molecule has 6 nitrogen and oxygen atoms in total. The van der Waals surface area contributed by atoms with Crippen molar-refractivity contribution in [1.82, 2.24) is 9.80 Å². The van der Waals surface area contributed by atoms with Gasteiger partial charge in [0.2, 0.25) is 5.78 Å². The van der Waals surface area contributed by atoms with Crippen LogP contribution in [0.3, 0.4) is 0 Å². The lowest BCUT2D eigenvalue weighted by molar-refractivity contribution is -0.129. The molecule has 152 valence electrons. The minimum atomic E-state index is -0.994. The molecule has 1 N–H and O–H groups in total. The predicted octanol–water partition coefficient (Wildman–Crippen LogP) is 3.48. The number of benzene rings is 1. The average molecular weight is 398 g/mol. The van der Waals surface area contributed by atoms with Gasteiger partial charge in [-0.15, -0.1) is 0 Å². The summed E-state index contributed by atoms with van der Waals surface area (Å²) in [4.78, 5) is 29.5. The van der Waals surface area contributed by atoms with Crippen molar-refractivity contribution in [1.29, 1.82) is 0 Å². The number of rotatable bonds is 6. The Labute approximate surface area is 168 Å². The van der Waals surface area contributed by atoms with E-state index in [0.717, 1.165) is 25.9 Å². The maximum Gasteiger partial charge on any atom is 0.290 e. The number of hydrogen-bond acceptors (Lipinski definition) is 5. The number of hydrogen-bond donors (Lipinski definition) is 1. The number of carbonyl (C=O) groups is 2. The van der Waals surface area contributed by atoms with Gasteiger partial charge >= 0.3 is 0 Å². The van der Waals surface area contributed by atoms with E-state index in [0.29, 0.717) is 6.54 Å². The van der Waals surface area contributed by atoms with Crippen molar-refractivity contribution in [3.05, 3.63) is 71.1 Å². The van der Waals surface area contributed by atoms with Crippen LogP contribution in [0.2, 0.25) is 0 Å². The molecule has 1 atom stereocenters. The summed E-state index contributed by atoms with van der Waals surface area (Å²) >= 11 is 0. The molecule has 0 saturated carbocycles. The second-order valence-corrected chi connectivity index (χ2v) is 7.39. The van der Waals surface area contributed by atoms with Gasteiger partial charge in [0, 0.05) is 18.7 Å². The second-order valence-electron chi connectivity index (χ2n) is 7.39. The number of amides is 1. The van der Waals surface area contributed by atoms with Gasteiger partial charge in [-0.1, -0.05) is 24.6 Å². The standard InChI is InChI=1S/C22H23FN2O4/c23-16-8-3-2-7-15(16)19-18(20(26)17-9-6-14-29-17)21(27)22(28)25(19)13-12-24-10-4-1-5-11-24/h2-3,6-9,14,19,27H,1,4-5,10-13H2. The van der Waals surface area contributed by atoms with Crippen LogP contribution in [-0.4, -0.2) is 52.8 Å². The highest BCUT2D eigenvalue weighted by Gasteiger charge is 2.45. The Hall–Kier alpha value is -2.93. The van der Waals surface area contributed by atoms with Crippen molar-refractivity contribution in [2.24, 2.45) is 0 Å². The zero-order valence-corrected chi connectivity index (χ0v) is 16.0. The van der Waals surface area contributed by atoms with Crippen LogP contribution in [0, 0.1) is 5.82 Å². The molecule has 0 bridgehead atoms. The third-order valence-corrected chi connectivity index (χ3v) is 5.60. The molecular weight excluding hydrogens is 375 g/mol. The highest BCUT2D eigenvalue weighted by molar-refractivity contribution is 6.15. The van der Waals surface area contributed by atoms with Crippen LogP contribution in [0.1, 0.15) is 41.4 Å². The molecule has 3 heterocycles. The molecule has 2 aliphatic rings. The van der Waals surface area contributed by atoms with Crippen molar-refractivity contribution in [3.63, 3.8) is 0 Å². The number of furan rings is 1. The van der Waals surface area contributed by atoms with Gasteiger partial charge in [0.15, 0.2) is 11.5 Å². The zero-order valence-electron chi connectivity index (χ0n) is 16.0. The number of ketones is 1. The third-order valence-electron chi connectivity index (χ3n) is 5.60. The summed E-state index contributed by atoms with van der Waals surface area (Å²) in [5.41, 5.74) is 0.0344. The van der Waals surface area contributed by atoms with Gasteiger partial charge in [0.25, 0.3) is 5.91 Å². The Bertz CT molecular complexity index is 932. The molecule has 1 saturated heterocycles. The van der Waals surface area contributed by atoms with Crippen LogP contribution in [0.25, 0.3) is 0 Å². The molecule has 1 fully saturated rings. The van der Waals surface area contributed by atoms with Gasteiger partial charge in [0.05, 0.1) is 17.9 Å². The van der Waals surface area contributed by atoms with E-state index in [9.17, 15) is 19.1 Å². The molecule has 1 amide bonds. The van der Waals surface area contributed by atoms with Gasteiger partial charge in [-0.25, -0.2) is 4.39 Å². The molecule has 1 unspecified atom stereocenters. The van der Waals surface area contributed by atoms with Crippen LogP contribution in [0.4, 0.5) is 4.39 Å². The normalized spacial score (nSPS) is 20.5. The van der Waals surface area contributed by atoms with Crippen LogP contribution < -0.4 is 0 Å². The number of Topliss-reactive ketones (excluding diaryl/α,β-unsaturated/α-hetero) is 1. The van der Waals surface area contributed by atoms with E-state index in [1.54, 1.807) is 18.2 Å². The molecule has 2 aromatic rings. The van der Waals surface area contributed by atoms with E-state index < -0.39 is 29.3 Å². The topological polar surface area (TPSA) is 74.0 Å². The first-order chi connectivity index (χ1) is 14.1. The first-order valence-electron chi connectivity index (χ1n) is 9.87. The van der Waals surface area contributed by atoms with Gasteiger partial charge in [-0.3, -0.25) is 9.59 Å². The highest BCUT2D eigenvalue weighted by atomic mass is 19.1. The van der Waals surface area contributed by atoms with Crippen molar-refractivity contribution < 1.29 is 23.5 Å². The lowest BCUT2D eigenvalue weighted by Crippen LogP contribution is -2.40. The lowest BCUT2D eigenvalue weighted by Gasteiger charge is -2.31. The number of likely N-dealkylation sites (tertiary alicyclic amines) is 1. The Balaban J connectivity index is 1.68. The Morgan fingerprint density at radius 3 is 2.55 bits per heavy atom. The van der Waals surface area contributed by atoms with Crippen LogP contribution >= 0.6 is 0 Å². The van der Waals surface area contributed by atoms with E-state index in [1.165, 1.54) is 35.8 Å². The number of carbonyl (C=O) groups excluding carboxylic acids is 2. The summed E-state index contributed by atoms with van der Waals surface area (Å²) in [6.45, 7) is 2.79. The Morgan fingerprint density at radius 1 is 1.10 bits per heavy atom. The fourth-order valence-corrected chi connectivity index (χ4v) is 4.11. The third kappa shape index (κ3) is 3.70. The van der Waals surface area contributed by atoms with Crippen LogP contribution in [0.5, 0.6) is 0 Å². The molecule has 0 radical (unpaired) electrons. The fourth-order valence-electron chi connectivity index (χ4n) is 4.11. The molecule has 0 aliphatic carbocycles. The van der Waals surface area contributed by atoms with Gasteiger partial charge < -0.3 is 19.3 Å². The monoisotopic (exact) mass is 398 g/mol. The van der Waals surface area contributed by atoms with Gasteiger partial charge in [0.1, 0.15) is 5.82 Å². The number of aliphatic hydroxyl groups is 1. The summed E-state index contributed by atoms with van der Waals surface area (Å²) in [6.07, 6.45) is 4.75. The van der Waals surface area contributed by atoms with Crippen molar-refractivity contribution in [3.8, 4) is 0 Å². The SMILES string of the molecule is O=C(C1=C(O)C(=O)N(CCN2CCCCC2)C1c1ccccc1F)c1ccco1. The molecule has 2 aliphatic heterocycles. The minimum Gasteiger partial charge on any atom is -0.503 e. The van der Waals surface area contributed by atoms with Crippen molar-refractivity contribution in [2.75, 3.05) is 26.2 Å². The highest BCUT2D eigenvalue weighted by Crippen LogP contribution is 2.39. The van der Waals surface area contributed by atoms with E-state index in [2.05, 4.69) is 4.90 Å². The van der Waals surface area contributed by atoms with Gasteiger partial charge in [-0.2, -0.15) is 0 Å². The quantitative estimate of drug-likeness (QED) is 0.754. The summed E-state index contributed by atoms with van der Waals surface area (Å²) in [5, 5.41) is 10.5. The molecule has 7 heteroatoms. The number of halogens is 1. The van der Waals surface area contributed by atoms with E-state index in [1.807, 2.05) is 0 Å². The first-order valence-corrected chi connectivity index (χ1v) is 9.87. The van der Waals surface area contributed by atoms with Gasteiger partial charge in [-0.05, 0) is 44.1 Å². The molecule has 0 spiro atoms. The Morgan fingerprint density at radius 2 is 1.86 bits per heavy atom. The number of nitrogens with zero attached hydrogens (tertiary/aromatic N) is 2.